The van der Waals surface area contributed by atoms with Crippen LogP contribution in [0.1, 0.15) is 51.7 Å². The van der Waals surface area contributed by atoms with E-state index in [1.165, 1.54) is 11.1 Å². The van der Waals surface area contributed by atoms with Gasteiger partial charge in [0.1, 0.15) is 5.75 Å². The SMILES string of the molecule is COc1ccc(C(C)(CN)C(C)C)cc1C(C)C. The van der Waals surface area contributed by atoms with E-state index in [1.54, 1.807) is 7.11 Å². The van der Waals surface area contributed by atoms with Crippen molar-refractivity contribution in [2.75, 3.05) is 13.7 Å². The minimum atomic E-state index is 0.0237. The summed E-state index contributed by atoms with van der Waals surface area (Å²) < 4.78 is 5.44. The first-order valence-electron chi connectivity index (χ1n) is 6.75. The molecule has 102 valence electrons. The molecule has 1 atom stereocenters. The van der Waals surface area contributed by atoms with Gasteiger partial charge in [0.15, 0.2) is 0 Å². The van der Waals surface area contributed by atoms with E-state index in [4.69, 9.17) is 10.5 Å². The Morgan fingerprint density at radius 2 is 1.83 bits per heavy atom. The first-order chi connectivity index (χ1) is 8.36. The van der Waals surface area contributed by atoms with Crippen molar-refractivity contribution in [1.29, 1.82) is 0 Å². The molecule has 0 saturated carbocycles. The molecule has 1 unspecified atom stereocenters. The highest BCUT2D eigenvalue weighted by Gasteiger charge is 2.29. The third-order valence-corrected chi connectivity index (χ3v) is 4.21. The lowest BCUT2D eigenvalue weighted by molar-refractivity contribution is 0.346. The molecule has 0 aliphatic rings. The van der Waals surface area contributed by atoms with Gasteiger partial charge in [-0.1, -0.05) is 46.8 Å². The average Bonchev–Trinajstić information content (AvgIpc) is 2.36. The first-order valence-corrected chi connectivity index (χ1v) is 6.75. The molecule has 0 aliphatic carbocycles. The molecule has 0 saturated heterocycles. The van der Waals surface area contributed by atoms with Crippen molar-refractivity contribution in [2.45, 2.75) is 46.0 Å². The van der Waals surface area contributed by atoms with E-state index in [9.17, 15) is 0 Å². The van der Waals surface area contributed by atoms with Gasteiger partial charge in [-0.05, 0) is 29.0 Å². The van der Waals surface area contributed by atoms with E-state index in [0.717, 1.165) is 5.75 Å². The van der Waals surface area contributed by atoms with E-state index in [1.807, 2.05) is 0 Å². The normalized spacial score (nSPS) is 14.9. The van der Waals surface area contributed by atoms with E-state index in [2.05, 4.69) is 52.8 Å². The number of rotatable bonds is 5. The van der Waals surface area contributed by atoms with Gasteiger partial charge in [0.2, 0.25) is 0 Å². The summed E-state index contributed by atoms with van der Waals surface area (Å²) in [6.07, 6.45) is 0. The van der Waals surface area contributed by atoms with Crippen molar-refractivity contribution in [2.24, 2.45) is 11.7 Å². The Bertz CT molecular complexity index is 398. The lowest BCUT2D eigenvalue weighted by atomic mass is 9.72. The van der Waals surface area contributed by atoms with Crippen LogP contribution in [0.3, 0.4) is 0 Å². The van der Waals surface area contributed by atoms with Gasteiger partial charge >= 0.3 is 0 Å². The predicted octanol–water partition coefficient (Wildman–Crippen LogP) is 3.69. The summed E-state index contributed by atoms with van der Waals surface area (Å²) in [5.41, 5.74) is 8.60. The maximum atomic E-state index is 6.01. The smallest absolute Gasteiger partial charge is 0.122 e. The molecule has 2 heteroatoms. The Morgan fingerprint density at radius 3 is 2.22 bits per heavy atom. The zero-order chi connectivity index (χ0) is 13.9. The molecule has 1 rings (SSSR count). The molecule has 0 heterocycles. The van der Waals surface area contributed by atoms with E-state index in [0.29, 0.717) is 18.4 Å². The van der Waals surface area contributed by atoms with Crippen LogP contribution in [0.15, 0.2) is 18.2 Å². The summed E-state index contributed by atoms with van der Waals surface area (Å²) in [7, 11) is 1.73. The highest BCUT2D eigenvalue weighted by molar-refractivity contribution is 5.42. The molecule has 0 aliphatic heterocycles. The molecule has 0 aromatic heterocycles. The van der Waals surface area contributed by atoms with Crippen LogP contribution in [0.2, 0.25) is 0 Å². The summed E-state index contributed by atoms with van der Waals surface area (Å²) >= 11 is 0. The minimum Gasteiger partial charge on any atom is -0.496 e. The highest BCUT2D eigenvalue weighted by atomic mass is 16.5. The number of nitrogens with two attached hydrogens (primary N) is 1. The van der Waals surface area contributed by atoms with Crippen LogP contribution in [0.5, 0.6) is 5.75 Å². The van der Waals surface area contributed by atoms with Crippen molar-refractivity contribution in [3.8, 4) is 5.75 Å². The topological polar surface area (TPSA) is 35.2 Å². The molecule has 0 spiro atoms. The van der Waals surface area contributed by atoms with Crippen molar-refractivity contribution < 1.29 is 4.74 Å². The van der Waals surface area contributed by atoms with Crippen LogP contribution in [0.4, 0.5) is 0 Å². The second kappa shape index (κ2) is 5.75. The summed E-state index contributed by atoms with van der Waals surface area (Å²) in [6, 6.07) is 6.48. The number of ether oxygens (including phenoxy) is 1. The van der Waals surface area contributed by atoms with Crippen molar-refractivity contribution in [3.63, 3.8) is 0 Å². The Balaban J connectivity index is 3.31. The number of hydrogen-bond acceptors (Lipinski definition) is 2. The van der Waals surface area contributed by atoms with Gasteiger partial charge in [0.25, 0.3) is 0 Å². The first kappa shape index (κ1) is 15.0. The zero-order valence-electron chi connectivity index (χ0n) is 12.6. The fourth-order valence-corrected chi connectivity index (χ4v) is 2.23. The molecule has 1 aromatic carbocycles. The number of hydrogen-bond donors (Lipinski definition) is 1. The van der Waals surface area contributed by atoms with Crippen LogP contribution in [0.25, 0.3) is 0 Å². The zero-order valence-corrected chi connectivity index (χ0v) is 12.6. The van der Waals surface area contributed by atoms with Crippen LogP contribution in [0, 0.1) is 5.92 Å². The van der Waals surface area contributed by atoms with Gasteiger partial charge in [-0.15, -0.1) is 0 Å². The van der Waals surface area contributed by atoms with Gasteiger partial charge in [-0.3, -0.25) is 0 Å². The van der Waals surface area contributed by atoms with Gasteiger partial charge < -0.3 is 10.5 Å². The molecule has 2 N–H and O–H groups in total. The quantitative estimate of drug-likeness (QED) is 0.863. The fourth-order valence-electron chi connectivity index (χ4n) is 2.23. The lowest BCUT2D eigenvalue weighted by Crippen LogP contribution is -2.37. The van der Waals surface area contributed by atoms with Crippen molar-refractivity contribution in [3.05, 3.63) is 29.3 Å². The molecule has 18 heavy (non-hydrogen) atoms. The lowest BCUT2D eigenvalue weighted by Gasteiger charge is -2.34. The van der Waals surface area contributed by atoms with E-state index >= 15 is 0 Å². The Morgan fingerprint density at radius 1 is 1.22 bits per heavy atom. The monoisotopic (exact) mass is 249 g/mol. The summed E-state index contributed by atoms with van der Waals surface area (Å²) in [4.78, 5) is 0. The maximum Gasteiger partial charge on any atom is 0.122 e. The summed E-state index contributed by atoms with van der Waals surface area (Å²) in [5.74, 6) is 1.93. The van der Waals surface area contributed by atoms with Gasteiger partial charge in [0, 0.05) is 12.0 Å². The van der Waals surface area contributed by atoms with Crippen molar-refractivity contribution >= 4 is 0 Å². The number of methoxy groups -OCH3 is 1. The van der Waals surface area contributed by atoms with Gasteiger partial charge in [0.05, 0.1) is 7.11 Å². The summed E-state index contributed by atoms with van der Waals surface area (Å²) in [5, 5.41) is 0. The number of benzene rings is 1. The molecular weight excluding hydrogens is 222 g/mol. The largest absolute Gasteiger partial charge is 0.496 e. The van der Waals surface area contributed by atoms with Crippen LogP contribution < -0.4 is 10.5 Å². The Kier molecular flexibility index (Phi) is 4.80. The molecule has 0 fully saturated rings. The Hall–Kier alpha value is -1.02. The molecule has 0 bridgehead atoms. The van der Waals surface area contributed by atoms with Crippen LogP contribution >= 0.6 is 0 Å². The second-order valence-corrected chi connectivity index (χ2v) is 5.89. The molecular formula is C16H27NO. The molecule has 2 nitrogen and oxygen atoms in total. The molecule has 0 radical (unpaired) electrons. The van der Waals surface area contributed by atoms with Gasteiger partial charge in [-0.25, -0.2) is 0 Å². The van der Waals surface area contributed by atoms with Crippen molar-refractivity contribution in [1.82, 2.24) is 0 Å². The van der Waals surface area contributed by atoms with Crippen LogP contribution in [-0.4, -0.2) is 13.7 Å². The predicted molar refractivity (Wildman–Crippen MR) is 78.3 cm³/mol. The van der Waals surface area contributed by atoms with E-state index in [-0.39, 0.29) is 5.41 Å². The second-order valence-electron chi connectivity index (χ2n) is 5.89. The van der Waals surface area contributed by atoms with E-state index < -0.39 is 0 Å². The summed E-state index contributed by atoms with van der Waals surface area (Å²) in [6.45, 7) is 11.7. The fraction of sp³-hybridized carbons (Fsp3) is 0.625. The standard InChI is InChI=1S/C16H27NO/c1-11(2)14-9-13(7-8-15(14)18-6)16(5,10-17)12(3)4/h7-9,11-12H,10,17H2,1-6H3. The Labute approximate surface area is 112 Å². The minimum absolute atomic E-state index is 0.0237. The maximum absolute atomic E-state index is 6.01. The van der Waals surface area contributed by atoms with Gasteiger partial charge in [-0.2, -0.15) is 0 Å². The third-order valence-electron chi connectivity index (χ3n) is 4.21. The third kappa shape index (κ3) is 2.69. The van der Waals surface area contributed by atoms with Crippen LogP contribution in [-0.2, 0) is 5.41 Å². The average molecular weight is 249 g/mol. The molecule has 0 amide bonds. The molecule has 1 aromatic rings. The highest BCUT2D eigenvalue weighted by Crippen LogP contribution is 2.35.